The van der Waals surface area contributed by atoms with Gasteiger partial charge in [0.2, 0.25) is 0 Å². The van der Waals surface area contributed by atoms with Crippen molar-refractivity contribution in [1.29, 1.82) is 5.41 Å². The second-order valence-corrected chi connectivity index (χ2v) is 6.77. The Labute approximate surface area is 90.0 Å². The highest BCUT2D eigenvalue weighted by Crippen LogP contribution is 2.46. The first kappa shape index (κ1) is 10.7. The van der Waals surface area contributed by atoms with Crippen LogP contribution in [0.15, 0.2) is 11.3 Å². The average Bonchev–Trinajstić information content (AvgIpc) is 2.43. The molecule has 3 unspecified atom stereocenters. The van der Waals surface area contributed by atoms with E-state index < -0.39 is 9.84 Å². The Balaban J connectivity index is 2.46. The summed E-state index contributed by atoms with van der Waals surface area (Å²) >= 11 is 0. The zero-order valence-corrected chi connectivity index (χ0v) is 9.55. The van der Waals surface area contributed by atoms with Crippen LogP contribution in [-0.2, 0) is 9.84 Å². The minimum atomic E-state index is -3.02. The minimum absolute atomic E-state index is 0.0313. The smallest absolute Gasteiger partial charge is 0.151 e. The van der Waals surface area contributed by atoms with E-state index >= 15 is 0 Å². The van der Waals surface area contributed by atoms with Crippen LogP contribution in [0.5, 0.6) is 0 Å². The molecule has 2 rings (SSSR count). The fraction of sp³-hybridized carbons (Fsp3) is 0.700. The molecule has 2 aliphatic rings. The van der Waals surface area contributed by atoms with Gasteiger partial charge in [0.15, 0.2) is 9.84 Å². The summed E-state index contributed by atoms with van der Waals surface area (Å²) in [5.41, 5.74) is 7.32. The second-order valence-electron chi connectivity index (χ2n) is 4.57. The molecule has 0 aromatic heterocycles. The van der Waals surface area contributed by atoms with Gasteiger partial charge in [0.1, 0.15) is 0 Å². The van der Waals surface area contributed by atoms with Crippen LogP contribution in [0.25, 0.3) is 0 Å². The highest BCUT2D eigenvalue weighted by molar-refractivity contribution is 7.91. The Bertz CT molecular complexity index is 425. The number of hydrogen-bond donors (Lipinski definition) is 2. The van der Waals surface area contributed by atoms with Crippen LogP contribution in [0.3, 0.4) is 0 Å². The number of nitrogens with two attached hydrogens (primary N) is 1. The van der Waals surface area contributed by atoms with Crippen molar-refractivity contribution in [3.63, 3.8) is 0 Å². The lowest BCUT2D eigenvalue weighted by Gasteiger charge is -2.30. The summed E-state index contributed by atoms with van der Waals surface area (Å²) in [6.45, 7) is 0. The average molecular weight is 228 g/mol. The summed E-state index contributed by atoms with van der Waals surface area (Å²) in [6.07, 6.45) is 4.94. The molecule has 84 valence electrons. The largest absolute Gasteiger partial charge is 0.402 e. The summed E-state index contributed by atoms with van der Waals surface area (Å²) in [5.74, 6) is 0.143. The standard InChI is InChI=1S/C10H16N2O2S/c1-15(13,14)10-6-2-3-7(10)8(5-11)9(12)4-6/h5-7,10-11H,2-4,12H2,1H3. The molecule has 1 saturated carbocycles. The van der Waals surface area contributed by atoms with Gasteiger partial charge < -0.3 is 11.1 Å². The molecule has 0 spiro atoms. The van der Waals surface area contributed by atoms with Crippen LogP contribution in [0.2, 0.25) is 0 Å². The van der Waals surface area contributed by atoms with Gasteiger partial charge in [0.25, 0.3) is 0 Å². The van der Waals surface area contributed by atoms with E-state index in [1.807, 2.05) is 0 Å². The second kappa shape index (κ2) is 3.33. The van der Waals surface area contributed by atoms with Crippen molar-refractivity contribution in [2.45, 2.75) is 24.5 Å². The number of rotatable bonds is 2. The van der Waals surface area contributed by atoms with Gasteiger partial charge in [-0.05, 0) is 30.8 Å². The van der Waals surface area contributed by atoms with Gasteiger partial charge in [-0.25, -0.2) is 8.42 Å². The molecule has 4 nitrogen and oxygen atoms in total. The number of allylic oxidation sites excluding steroid dienone is 2. The summed E-state index contributed by atoms with van der Waals surface area (Å²) in [6, 6.07) is 0. The number of hydrogen-bond acceptors (Lipinski definition) is 4. The first-order chi connectivity index (χ1) is 6.95. The van der Waals surface area contributed by atoms with Crippen LogP contribution < -0.4 is 5.73 Å². The van der Waals surface area contributed by atoms with Gasteiger partial charge in [0, 0.05) is 24.1 Å². The molecule has 3 N–H and O–H groups in total. The van der Waals surface area contributed by atoms with Gasteiger partial charge in [-0.1, -0.05) is 0 Å². The van der Waals surface area contributed by atoms with Gasteiger partial charge >= 0.3 is 0 Å². The molecule has 0 aromatic carbocycles. The van der Waals surface area contributed by atoms with Crippen LogP contribution in [0.1, 0.15) is 19.3 Å². The number of nitrogens with one attached hydrogen (secondary N) is 1. The van der Waals surface area contributed by atoms with Crippen molar-refractivity contribution in [1.82, 2.24) is 0 Å². The molecule has 2 bridgehead atoms. The van der Waals surface area contributed by atoms with Crippen LogP contribution in [0, 0.1) is 17.2 Å². The fourth-order valence-electron chi connectivity index (χ4n) is 3.09. The van der Waals surface area contributed by atoms with Crippen LogP contribution in [0.4, 0.5) is 0 Å². The van der Waals surface area contributed by atoms with Crippen molar-refractivity contribution in [3.05, 3.63) is 11.3 Å². The molecule has 1 fully saturated rings. The molecule has 5 heteroatoms. The van der Waals surface area contributed by atoms with Gasteiger partial charge in [-0.2, -0.15) is 0 Å². The molecule has 0 heterocycles. The molecule has 0 radical (unpaired) electrons. The van der Waals surface area contributed by atoms with E-state index in [9.17, 15) is 8.42 Å². The third-order valence-electron chi connectivity index (χ3n) is 3.61. The van der Waals surface area contributed by atoms with Gasteiger partial charge in [-0.3, -0.25) is 0 Å². The van der Waals surface area contributed by atoms with Crippen LogP contribution >= 0.6 is 0 Å². The Morgan fingerprint density at radius 3 is 2.67 bits per heavy atom. The van der Waals surface area contributed by atoms with Gasteiger partial charge in [0.05, 0.1) is 5.25 Å². The third kappa shape index (κ3) is 1.58. The molecule has 0 amide bonds. The normalized spacial score (nSPS) is 35.7. The number of fused-ring (bicyclic) bond motifs is 2. The monoisotopic (exact) mass is 228 g/mol. The van der Waals surface area contributed by atoms with Crippen molar-refractivity contribution in [2.75, 3.05) is 6.26 Å². The lowest BCUT2D eigenvalue weighted by Crippen LogP contribution is -2.36. The molecule has 2 aliphatic carbocycles. The Morgan fingerprint density at radius 2 is 2.13 bits per heavy atom. The predicted molar refractivity (Wildman–Crippen MR) is 59.5 cm³/mol. The molecular weight excluding hydrogens is 212 g/mol. The minimum Gasteiger partial charge on any atom is -0.402 e. The quantitative estimate of drug-likeness (QED) is 0.682. The Kier molecular flexibility index (Phi) is 2.37. The SMILES string of the molecule is CS(=O)(=O)C1C2CCC1C(C=N)=C(N)C2. The maximum absolute atomic E-state index is 11.7. The van der Waals surface area contributed by atoms with E-state index in [2.05, 4.69) is 0 Å². The van der Waals surface area contributed by atoms with E-state index in [1.165, 1.54) is 12.5 Å². The molecule has 0 aromatic rings. The summed E-state index contributed by atoms with van der Waals surface area (Å²) in [7, 11) is -3.02. The topological polar surface area (TPSA) is 84.0 Å². The fourth-order valence-corrected chi connectivity index (χ4v) is 4.90. The molecule has 0 saturated heterocycles. The molecule has 15 heavy (non-hydrogen) atoms. The lowest BCUT2D eigenvalue weighted by atomic mass is 9.86. The van der Waals surface area contributed by atoms with E-state index in [0.29, 0.717) is 6.42 Å². The summed E-state index contributed by atoms with van der Waals surface area (Å²) in [4.78, 5) is 0. The van der Waals surface area contributed by atoms with E-state index in [4.69, 9.17) is 11.1 Å². The number of sulfone groups is 1. The van der Waals surface area contributed by atoms with Crippen molar-refractivity contribution in [3.8, 4) is 0 Å². The van der Waals surface area contributed by atoms with E-state index in [-0.39, 0.29) is 17.1 Å². The maximum Gasteiger partial charge on any atom is 0.151 e. The summed E-state index contributed by atoms with van der Waals surface area (Å²) in [5, 5.41) is 7.01. The predicted octanol–water partition coefficient (Wildman–Crippen LogP) is 0.692. The highest BCUT2D eigenvalue weighted by atomic mass is 32.2. The van der Waals surface area contributed by atoms with E-state index in [1.54, 1.807) is 0 Å². The van der Waals surface area contributed by atoms with Crippen molar-refractivity contribution < 1.29 is 8.42 Å². The Hall–Kier alpha value is -0.840. The highest BCUT2D eigenvalue weighted by Gasteiger charge is 2.47. The molecular formula is C10H16N2O2S. The molecule has 0 aliphatic heterocycles. The van der Waals surface area contributed by atoms with E-state index in [0.717, 1.165) is 24.1 Å². The first-order valence-electron chi connectivity index (χ1n) is 5.13. The van der Waals surface area contributed by atoms with Crippen molar-refractivity contribution >= 4 is 16.1 Å². The summed E-state index contributed by atoms with van der Waals surface area (Å²) < 4.78 is 23.4. The first-order valence-corrected chi connectivity index (χ1v) is 7.08. The zero-order valence-electron chi connectivity index (χ0n) is 8.73. The van der Waals surface area contributed by atoms with Crippen molar-refractivity contribution in [2.24, 2.45) is 17.6 Å². The third-order valence-corrected chi connectivity index (χ3v) is 5.31. The zero-order chi connectivity index (χ0) is 11.2. The maximum atomic E-state index is 11.7. The molecule has 3 atom stereocenters. The van der Waals surface area contributed by atoms with Gasteiger partial charge in [-0.15, -0.1) is 0 Å². The Morgan fingerprint density at radius 1 is 1.47 bits per heavy atom. The van der Waals surface area contributed by atoms with Crippen LogP contribution in [-0.4, -0.2) is 26.1 Å². The lowest BCUT2D eigenvalue weighted by molar-refractivity contribution is 0.474.